The third-order valence-corrected chi connectivity index (χ3v) is 4.03. The molecular weight excluding hydrogens is 312 g/mol. The van der Waals surface area contributed by atoms with Gasteiger partial charge in [-0.3, -0.25) is 10.1 Å². The smallest absolute Gasteiger partial charge is 0.315 e. The van der Waals surface area contributed by atoms with Crippen LogP contribution in [-0.2, 0) is 11.3 Å². The average molecular weight is 329 g/mol. The Morgan fingerprint density at radius 3 is 2.65 bits per heavy atom. The van der Waals surface area contributed by atoms with Crippen LogP contribution in [0.25, 0.3) is 0 Å². The number of nitro groups is 1. The molecule has 0 bridgehead atoms. The molecule has 23 heavy (non-hydrogen) atoms. The van der Waals surface area contributed by atoms with Crippen LogP contribution in [0.5, 0.6) is 11.5 Å². The summed E-state index contributed by atoms with van der Waals surface area (Å²) in [5.74, 6) is -2.16. The van der Waals surface area contributed by atoms with Crippen LogP contribution in [-0.4, -0.2) is 30.2 Å². The van der Waals surface area contributed by atoms with Crippen LogP contribution in [0.3, 0.4) is 0 Å². The second-order valence-electron chi connectivity index (χ2n) is 5.76. The molecule has 0 N–H and O–H groups in total. The Balaban J connectivity index is 1.68. The van der Waals surface area contributed by atoms with Gasteiger partial charge in [-0.1, -0.05) is 0 Å². The van der Waals surface area contributed by atoms with Crippen molar-refractivity contribution in [1.29, 1.82) is 0 Å². The highest BCUT2D eigenvalue weighted by Crippen LogP contribution is 2.40. The van der Waals surface area contributed by atoms with E-state index in [4.69, 9.17) is 14.2 Å². The van der Waals surface area contributed by atoms with Crippen molar-refractivity contribution in [3.8, 4) is 11.5 Å². The minimum Gasteiger partial charge on any atom is -0.486 e. The highest BCUT2D eigenvalue weighted by atomic mass is 19.3. The molecule has 0 radical (unpaired) electrons. The largest absolute Gasteiger partial charge is 0.486 e. The van der Waals surface area contributed by atoms with Gasteiger partial charge in [0.05, 0.1) is 17.6 Å². The molecule has 1 aromatic rings. The highest BCUT2D eigenvalue weighted by molar-refractivity contribution is 5.58. The number of halogens is 2. The summed E-state index contributed by atoms with van der Waals surface area (Å²) >= 11 is 0. The summed E-state index contributed by atoms with van der Waals surface area (Å²) in [5, 5.41) is 11.1. The fourth-order valence-electron chi connectivity index (χ4n) is 2.80. The van der Waals surface area contributed by atoms with Gasteiger partial charge in [-0.25, -0.2) is 8.78 Å². The standard InChI is InChI=1S/C15H17F2NO5/c16-15(17)3-1-11(2-4-15)23-9-10-7-12(18(19)20)14-13(8-10)21-5-6-22-14/h7-8,11H,1-6,9H2. The van der Waals surface area contributed by atoms with Crippen molar-refractivity contribution in [1.82, 2.24) is 0 Å². The van der Waals surface area contributed by atoms with Crippen LogP contribution < -0.4 is 9.47 Å². The number of nitro benzene ring substituents is 1. The molecule has 2 aliphatic rings. The highest BCUT2D eigenvalue weighted by Gasteiger charge is 2.35. The molecule has 1 heterocycles. The molecule has 0 amide bonds. The van der Waals surface area contributed by atoms with E-state index in [1.54, 1.807) is 6.07 Å². The van der Waals surface area contributed by atoms with Gasteiger partial charge in [0.2, 0.25) is 11.7 Å². The lowest BCUT2D eigenvalue weighted by molar-refractivity contribution is -0.386. The molecule has 1 aromatic carbocycles. The lowest BCUT2D eigenvalue weighted by Crippen LogP contribution is -2.29. The Hall–Kier alpha value is -1.96. The minimum absolute atomic E-state index is 0.119. The second-order valence-corrected chi connectivity index (χ2v) is 5.76. The topological polar surface area (TPSA) is 70.8 Å². The number of hydrogen-bond donors (Lipinski definition) is 0. The van der Waals surface area contributed by atoms with Gasteiger partial charge in [0, 0.05) is 18.9 Å². The van der Waals surface area contributed by atoms with Gasteiger partial charge in [0.15, 0.2) is 5.75 Å². The summed E-state index contributed by atoms with van der Waals surface area (Å²) in [6.07, 6.45) is -0.0288. The monoisotopic (exact) mass is 329 g/mol. The van der Waals surface area contributed by atoms with Gasteiger partial charge in [0.25, 0.3) is 0 Å². The van der Waals surface area contributed by atoms with E-state index in [9.17, 15) is 18.9 Å². The maximum Gasteiger partial charge on any atom is 0.315 e. The number of alkyl halides is 2. The number of rotatable bonds is 4. The summed E-state index contributed by atoms with van der Waals surface area (Å²) in [6, 6.07) is 3.02. The van der Waals surface area contributed by atoms with Crippen molar-refractivity contribution in [2.45, 2.75) is 44.3 Å². The molecule has 1 aliphatic heterocycles. The Kier molecular flexibility index (Phi) is 4.34. The van der Waals surface area contributed by atoms with Gasteiger partial charge in [-0.2, -0.15) is 0 Å². The van der Waals surface area contributed by atoms with Crippen molar-refractivity contribution in [3.05, 3.63) is 27.8 Å². The fourth-order valence-corrected chi connectivity index (χ4v) is 2.80. The molecule has 126 valence electrons. The number of benzene rings is 1. The van der Waals surface area contributed by atoms with E-state index in [0.717, 1.165) is 0 Å². The Morgan fingerprint density at radius 1 is 1.26 bits per heavy atom. The number of fused-ring (bicyclic) bond motifs is 1. The Morgan fingerprint density at radius 2 is 1.96 bits per heavy atom. The van der Waals surface area contributed by atoms with Crippen LogP contribution >= 0.6 is 0 Å². The Bertz CT molecular complexity index is 598. The molecule has 0 unspecified atom stereocenters. The third kappa shape index (κ3) is 3.69. The van der Waals surface area contributed by atoms with Gasteiger partial charge < -0.3 is 14.2 Å². The first-order valence-corrected chi connectivity index (χ1v) is 7.51. The molecule has 0 saturated heterocycles. The number of ether oxygens (including phenoxy) is 3. The van der Waals surface area contributed by atoms with Crippen LogP contribution in [0.15, 0.2) is 12.1 Å². The molecule has 1 fully saturated rings. The molecule has 0 spiro atoms. The molecular formula is C15H17F2NO5. The van der Waals surface area contributed by atoms with Crippen LogP contribution in [0.4, 0.5) is 14.5 Å². The van der Waals surface area contributed by atoms with Gasteiger partial charge in [-0.05, 0) is 24.5 Å². The number of nitrogens with zero attached hydrogens (tertiary/aromatic N) is 1. The van der Waals surface area contributed by atoms with Crippen molar-refractivity contribution in [2.24, 2.45) is 0 Å². The first-order chi connectivity index (χ1) is 10.9. The molecule has 1 aliphatic carbocycles. The van der Waals surface area contributed by atoms with Gasteiger partial charge in [0.1, 0.15) is 13.2 Å². The van der Waals surface area contributed by atoms with Crippen molar-refractivity contribution in [3.63, 3.8) is 0 Å². The average Bonchev–Trinajstić information content (AvgIpc) is 2.53. The zero-order valence-electron chi connectivity index (χ0n) is 12.4. The fraction of sp³-hybridized carbons (Fsp3) is 0.600. The lowest BCUT2D eigenvalue weighted by atomic mass is 9.94. The zero-order chi connectivity index (χ0) is 16.4. The quantitative estimate of drug-likeness (QED) is 0.625. The molecule has 3 rings (SSSR count). The summed E-state index contributed by atoms with van der Waals surface area (Å²) in [5.41, 5.74) is 0.397. The van der Waals surface area contributed by atoms with E-state index in [-0.39, 0.29) is 43.6 Å². The van der Waals surface area contributed by atoms with E-state index in [2.05, 4.69) is 0 Å². The van der Waals surface area contributed by atoms with Crippen LogP contribution in [0, 0.1) is 10.1 Å². The lowest BCUT2D eigenvalue weighted by Gasteiger charge is -2.28. The molecule has 0 atom stereocenters. The SMILES string of the molecule is O=[N+]([O-])c1cc(COC2CCC(F)(F)CC2)cc2c1OCCO2. The van der Waals surface area contributed by atoms with Gasteiger partial charge >= 0.3 is 5.69 Å². The van der Waals surface area contributed by atoms with E-state index >= 15 is 0 Å². The van der Waals surface area contributed by atoms with E-state index in [0.29, 0.717) is 30.8 Å². The summed E-state index contributed by atoms with van der Waals surface area (Å²) < 4.78 is 42.5. The van der Waals surface area contributed by atoms with E-state index in [1.807, 2.05) is 0 Å². The second kappa shape index (κ2) is 6.27. The van der Waals surface area contributed by atoms with Gasteiger partial charge in [-0.15, -0.1) is 0 Å². The normalized spacial score (nSPS) is 20.3. The summed E-state index contributed by atoms with van der Waals surface area (Å²) in [7, 11) is 0. The maximum absolute atomic E-state index is 13.1. The predicted octanol–water partition coefficient (Wildman–Crippen LogP) is 3.46. The van der Waals surface area contributed by atoms with Crippen molar-refractivity contribution >= 4 is 5.69 Å². The van der Waals surface area contributed by atoms with E-state index < -0.39 is 10.8 Å². The Labute approximate surface area is 131 Å². The van der Waals surface area contributed by atoms with Crippen LogP contribution in [0.1, 0.15) is 31.2 Å². The van der Waals surface area contributed by atoms with Crippen molar-refractivity contribution in [2.75, 3.05) is 13.2 Å². The zero-order valence-corrected chi connectivity index (χ0v) is 12.4. The molecule has 6 nitrogen and oxygen atoms in total. The molecule has 0 aromatic heterocycles. The predicted molar refractivity (Wildman–Crippen MR) is 76.1 cm³/mol. The first-order valence-electron chi connectivity index (χ1n) is 7.51. The third-order valence-electron chi connectivity index (χ3n) is 4.03. The number of hydrogen-bond acceptors (Lipinski definition) is 5. The van der Waals surface area contributed by atoms with Crippen molar-refractivity contribution < 1.29 is 27.9 Å². The minimum atomic E-state index is -2.60. The summed E-state index contributed by atoms with van der Waals surface area (Å²) in [6.45, 7) is 0.708. The maximum atomic E-state index is 13.1. The van der Waals surface area contributed by atoms with Crippen LogP contribution in [0.2, 0.25) is 0 Å². The molecule has 8 heteroatoms. The first kappa shape index (κ1) is 15.9. The molecule has 1 saturated carbocycles. The summed E-state index contributed by atoms with van der Waals surface area (Å²) in [4.78, 5) is 10.6. The van der Waals surface area contributed by atoms with E-state index in [1.165, 1.54) is 6.07 Å².